The highest BCUT2D eigenvalue weighted by Gasteiger charge is 2.27. The van der Waals surface area contributed by atoms with Gasteiger partial charge in [0.05, 0.1) is 27.3 Å². The number of likely N-dealkylation sites (N-methyl/N-ethyl adjacent to an activating group) is 1. The minimum Gasteiger partial charge on any atom is -0.322 e. The summed E-state index contributed by atoms with van der Waals surface area (Å²) in [6, 6.07) is 9.43. The number of para-hydroxylation sites is 1. The fourth-order valence-corrected chi connectivity index (χ4v) is 4.75. The number of hydrogen-bond acceptors (Lipinski definition) is 3. The third-order valence-electron chi connectivity index (χ3n) is 3.61. The molecule has 1 amide bonds. The van der Waals surface area contributed by atoms with Gasteiger partial charge in [0.15, 0.2) is 0 Å². The van der Waals surface area contributed by atoms with Crippen molar-refractivity contribution in [2.75, 3.05) is 18.4 Å². The number of aryl methyl sites for hydroxylation is 1. The van der Waals surface area contributed by atoms with E-state index in [1.54, 1.807) is 44.2 Å². The van der Waals surface area contributed by atoms with Gasteiger partial charge >= 0.3 is 0 Å². The van der Waals surface area contributed by atoms with Gasteiger partial charge < -0.3 is 5.32 Å². The van der Waals surface area contributed by atoms with Crippen LogP contribution in [0.2, 0.25) is 15.1 Å². The zero-order valence-corrected chi connectivity index (χ0v) is 17.2. The Hall–Kier alpha value is -1.31. The number of nitrogens with zero attached hydrogens (tertiary/aromatic N) is 1. The minimum absolute atomic E-state index is 0.0461. The Kier molecular flexibility index (Phi) is 6.93. The highest BCUT2D eigenvalue weighted by molar-refractivity contribution is 7.89. The zero-order chi connectivity index (χ0) is 19.5. The molecule has 0 spiro atoms. The smallest absolute Gasteiger partial charge is 0.245 e. The third-order valence-corrected chi connectivity index (χ3v) is 6.64. The molecule has 0 unspecified atom stereocenters. The second-order valence-electron chi connectivity index (χ2n) is 5.51. The van der Waals surface area contributed by atoms with Gasteiger partial charge in [0.2, 0.25) is 15.9 Å². The van der Waals surface area contributed by atoms with E-state index in [1.807, 2.05) is 0 Å². The number of anilines is 1. The Bertz CT molecular complexity index is 913. The van der Waals surface area contributed by atoms with E-state index in [2.05, 4.69) is 5.32 Å². The summed E-state index contributed by atoms with van der Waals surface area (Å²) in [7, 11) is -3.93. The molecule has 0 aliphatic rings. The van der Waals surface area contributed by atoms with E-state index in [-0.39, 0.29) is 32.2 Å². The fourth-order valence-electron chi connectivity index (χ4n) is 2.28. The molecule has 2 aromatic rings. The SMILES string of the molecule is CCN(CC(=O)Nc1c(Cl)cccc1Cl)S(=O)(=O)c1ccc(C)cc1Cl. The molecule has 0 heterocycles. The first-order valence-electron chi connectivity index (χ1n) is 7.67. The van der Waals surface area contributed by atoms with E-state index in [0.717, 1.165) is 9.87 Å². The molecule has 0 saturated heterocycles. The van der Waals surface area contributed by atoms with E-state index in [1.165, 1.54) is 6.07 Å². The fraction of sp³-hybridized carbons (Fsp3) is 0.235. The van der Waals surface area contributed by atoms with Crippen molar-refractivity contribution in [3.63, 3.8) is 0 Å². The maximum absolute atomic E-state index is 12.8. The van der Waals surface area contributed by atoms with Crippen LogP contribution in [0, 0.1) is 6.92 Å². The monoisotopic (exact) mass is 434 g/mol. The van der Waals surface area contributed by atoms with Gasteiger partial charge in [0, 0.05) is 6.54 Å². The molecule has 0 aromatic heterocycles. The first-order valence-corrected chi connectivity index (χ1v) is 10.2. The van der Waals surface area contributed by atoms with Crippen LogP contribution < -0.4 is 5.32 Å². The topological polar surface area (TPSA) is 66.5 Å². The molecular formula is C17H17Cl3N2O3S. The quantitative estimate of drug-likeness (QED) is 0.721. The number of hydrogen-bond donors (Lipinski definition) is 1. The van der Waals surface area contributed by atoms with E-state index in [9.17, 15) is 13.2 Å². The number of amides is 1. The van der Waals surface area contributed by atoms with Crippen LogP contribution in [0.1, 0.15) is 12.5 Å². The lowest BCUT2D eigenvalue weighted by Crippen LogP contribution is -2.38. The van der Waals surface area contributed by atoms with E-state index in [0.29, 0.717) is 0 Å². The van der Waals surface area contributed by atoms with Crippen LogP contribution in [0.4, 0.5) is 5.69 Å². The van der Waals surface area contributed by atoms with Gasteiger partial charge in [-0.25, -0.2) is 8.42 Å². The number of sulfonamides is 1. The third kappa shape index (κ3) is 4.69. The summed E-state index contributed by atoms with van der Waals surface area (Å²) in [5, 5.41) is 3.18. The Morgan fingerprint density at radius 3 is 2.23 bits per heavy atom. The molecule has 2 rings (SSSR count). The van der Waals surface area contributed by atoms with Crippen molar-refractivity contribution < 1.29 is 13.2 Å². The summed E-state index contributed by atoms with van der Waals surface area (Å²) in [4.78, 5) is 12.3. The molecule has 1 N–H and O–H groups in total. The van der Waals surface area contributed by atoms with E-state index < -0.39 is 22.5 Å². The maximum Gasteiger partial charge on any atom is 0.245 e. The molecule has 0 aliphatic carbocycles. The Morgan fingerprint density at radius 2 is 1.69 bits per heavy atom. The second kappa shape index (κ2) is 8.59. The molecule has 0 radical (unpaired) electrons. The number of halogens is 3. The van der Waals surface area contributed by atoms with Crippen molar-refractivity contribution in [3.05, 3.63) is 57.0 Å². The molecule has 0 saturated carbocycles. The molecule has 2 aromatic carbocycles. The first-order chi connectivity index (χ1) is 12.2. The summed E-state index contributed by atoms with van der Waals surface area (Å²) in [6.07, 6.45) is 0. The van der Waals surface area contributed by atoms with Crippen molar-refractivity contribution in [2.24, 2.45) is 0 Å². The van der Waals surface area contributed by atoms with Crippen LogP contribution in [0.3, 0.4) is 0 Å². The van der Waals surface area contributed by atoms with Crippen LogP contribution in [-0.4, -0.2) is 31.7 Å². The molecule has 26 heavy (non-hydrogen) atoms. The highest BCUT2D eigenvalue weighted by Crippen LogP contribution is 2.30. The van der Waals surface area contributed by atoms with Gasteiger partial charge in [0.1, 0.15) is 4.90 Å². The van der Waals surface area contributed by atoms with Gasteiger partial charge in [-0.1, -0.05) is 53.9 Å². The van der Waals surface area contributed by atoms with Crippen molar-refractivity contribution in [1.82, 2.24) is 4.31 Å². The molecule has 0 fully saturated rings. The molecule has 0 bridgehead atoms. The van der Waals surface area contributed by atoms with Gasteiger partial charge in [-0.3, -0.25) is 4.79 Å². The summed E-state index contributed by atoms with van der Waals surface area (Å²) < 4.78 is 26.7. The average Bonchev–Trinajstić information content (AvgIpc) is 2.55. The number of benzene rings is 2. The molecule has 5 nitrogen and oxygen atoms in total. The van der Waals surface area contributed by atoms with Gasteiger partial charge in [-0.2, -0.15) is 4.31 Å². The number of nitrogens with one attached hydrogen (secondary N) is 1. The zero-order valence-electron chi connectivity index (χ0n) is 14.1. The van der Waals surface area contributed by atoms with Gasteiger partial charge in [0.25, 0.3) is 0 Å². The first kappa shape index (κ1) is 21.0. The Morgan fingerprint density at radius 1 is 1.08 bits per heavy atom. The number of carbonyl (C=O) groups is 1. The molecule has 9 heteroatoms. The number of rotatable bonds is 6. The lowest BCUT2D eigenvalue weighted by molar-refractivity contribution is -0.116. The summed E-state index contributed by atoms with van der Waals surface area (Å²) in [5.41, 5.74) is 1.07. The predicted octanol–water partition coefficient (Wildman–Crippen LogP) is 4.60. The van der Waals surface area contributed by atoms with Crippen LogP contribution in [0.15, 0.2) is 41.3 Å². The van der Waals surface area contributed by atoms with Crippen molar-refractivity contribution in [3.8, 4) is 0 Å². The van der Waals surface area contributed by atoms with Gasteiger partial charge in [-0.15, -0.1) is 0 Å². The normalized spacial score (nSPS) is 11.6. The highest BCUT2D eigenvalue weighted by atomic mass is 35.5. The Labute approximate surface area is 167 Å². The van der Waals surface area contributed by atoms with Crippen LogP contribution >= 0.6 is 34.8 Å². The summed E-state index contributed by atoms with van der Waals surface area (Å²) in [6.45, 7) is 3.14. The van der Waals surface area contributed by atoms with Crippen LogP contribution in [0.5, 0.6) is 0 Å². The van der Waals surface area contributed by atoms with Crippen molar-refractivity contribution in [2.45, 2.75) is 18.7 Å². The summed E-state index contributed by atoms with van der Waals surface area (Å²) >= 11 is 18.1. The largest absolute Gasteiger partial charge is 0.322 e. The standard InChI is InChI=1S/C17H17Cl3N2O3S/c1-3-22(26(24,25)15-8-7-11(2)9-14(15)20)10-16(23)21-17-12(18)5-4-6-13(17)19/h4-9H,3,10H2,1-2H3,(H,21,23). The minimum atomic E-state index is -3.93. The molecular weight excluding hydrogens is 419 g/mol. The average molecular weight is 436 g/mol. The lowest BCUT2D eigenvalue weighted by Gasteiger charge is -2.21. The van der Waals surface area contributed by atoms with Crippen LogP contribution in [-0.2, 0) is 14.8 Å². The maximum atomic E-state index is 12.8. The predicted molar refractivity (Wildman–Crippen MR) is 106 cm³/mol. The van der Waals surface area contributed by atoms with Crippen molar-refractivity contribution in [1.29, 1.82) is 0 Å². The lowest BCUT2D eigenvalue weighted by atomic mass is 10.2. The molecule has 0 aliphatic heterocycles. The number of carbonyl (C=O) groups excluding carboxylic acids is 1. The van der Waals surface area contributed by atoms with Crippen LogP contribution in [0.25, 0.3) is 0 Å². The van der Waals surface area contributed by atoms with Gasteiger partial charge in [-0.05, 0) is 36.8 Å². The molecule has 140 valence electrons. The van der Waals surface area contributed by atoms with E-state index >= 15 is 0 Å². The summed E-state index contributed by atoms with van der Waals surface area (Å²) in [5.74, 6) is -0.561. The Balaban J connectivity index is 2.24. The second-order valence-corrected chi connectivity index (χ2v) is 8.64. The molecule has 0 atom stereocenters. The van der Waals surface area contributed by atoms with Crippen molar-refractivity contribution >= 4 is 56.4 Å². The van der Waals surface area contributed by atoms with E-state index in [4.69, 9.17) is 34.8 Å².